The van der Waals surface area contributed by atoms with Crippen molar-refractivity contribution >= 4 is 21.9 Å². The molecule has 0 bridgehead atoms. The molecule has 1 unspecified atom stereocenters. The highest BCUT2D eigenvalue weighted by Gasteiger charge is 2.15. The van der Waals surface area contributed by atoms with Crippen molar-refractivity contribution in [3.8, 4) is 0 Å². The SMILES string of the molecule is Cc1cc(Br)c(=O)n(C(C)C(=O)O)c1. The van der Waals surface area contributed by atoms with Gasteiger partial charge in [0, 0.05) is 6.20 Å². The zero-order valence-electron chi connectivity index (χ0n) is 7.82. The molecule has 0 fully saturated rings. The van der Waals surface area contributed by atoms with E-state index in [1.54, 1.807) is 13.0 Å². The smallest absolute Gasteiger partial charge is 0.326 e. The lowest BCUT2D eigenvalue weighted by atomic mass is 10.2. The van der Waals surface area contributed by atoms with E-state index < -0.39 is 12.0 Å². The monoisotopic (exact) mass is 259 g/mol. The van der Waals surface area contributed by atoms with Gasteiger partial charge in [-0.15, -0.1) is 0 Å². The molecule has 4 nitrogen and oxygen atoms in total. The van der Waals surface area contributed by atoms with Gasteiger partial charge in [0.15, 0.2) is 0 Å². The molecule has 1 heterocycles. The summed E-state index contributed by atoms with van der Waals surface area (Å²) in [5.74, 6) is -1.02. The summed E-state index contributed by atoms with van der Waals surface area (Å²) in [7, 11) is 0. The Morgan fingerprint density at radius 1 is 1.64 bits per heavy atom. The summed E-state index contributed by atoms with van der Waals surface area (Å²) in [6.45, 7) is 3.27. The van der Waals surface area contributed by atoms with Gasteiger partial charge in [-0.3, -0.25) is 4.79 Å². The number of pyridine rings is 1. The number of aromatic nitrogens is 1. The zero-order valence-corrected chi connectivity index (χ0v) is 9.41. The van der Waals surface area contributed by atoms with Gasteiger partial charge in [-0.05, 0) is 41.4 Å². The Kier molecular flexibility index (Phi) is 3.10. The van der Waals surface area contributed by atoms with E-state index >= 15 is 0 Å². The van der Waals surface area contributed by atoms with Gasteiger partial charge >= 0.3 is 5.97 Å². The third kappa shape index (κ3) is 2.04. The molecule has 1 N–H and O–H groups in total. The minimum atomic E-state index is -1.02. The summed E-state index contributed by atoms with van der Waals surface area (Å²) in [4.78, 5) is 22.2. The first-order chi connectivity index (χ1) is 6.43. The molecule has 5 heteroatoms. The predicted molar refractivity (Wildman–Crippen MR) is 55.5 cm³/mol. The molecule has 0 amide bonds. The summed E-state index contributed by atoms with van der Waals surface area (Å²) in [5.41, 5.74) is 0.509. The zero-order chi connectivity index (χ0) is 10.9. The van der Waals surface area contributed by atoms with Gasteiger partial charge in [0.2, 0.25) is 0 Å². The predicted octanol–water partition coefficient (Wildman–Crippen LogP) is 1.56. The Morgan fingerprint density at radius 3 is 2.71 bits per heavy atom. The highest BCUT2D eigenvalue weighted by Crippen LogP contribution is 2.10. The van der Waals surface area contributed by atoms with Gasteiger partial charge in [-0.2, -0.15) is 0 Å². The Morgan fingerprint density at radius 2 is 2.21 bits per heavy atom. The molecule has 0 spiro atoms. The van der Waals surface area contributed by atoms with Crippen molar-refractivity contribution in [1.82, 2.24) is 4.57 Å². The van der Waals surface area contributed by atoms with Crippen LogP contribution in [0.3, 0.4) is 0 Å². The number of carboxylic acid groups (broad SMARTS) is 1. The van der Waals surface area contributed by atoms with E-state index in [1.165, 1.54) is 17.7 Å². The van der Waals surface area contributed by atoms with E-state index in [0.717, 1.165) is 5.56 Å². The highest BCUT2D eigenvalue weighted by atomic mass is 79.9. The quantitative estimate of drug-likeness (QED) is 0.877. The first-order valence-electron chi connectivity index (χ1n) is 4.04. The van der Waals surface area contributed by atoms with Crippen LogP contribution >= 0.6 is 15.9 Å². The molecule has 1 atom stereocenters. The third-order valence-electron chi connectivity index (χ3n) is 1.91. The van der Waals surface area contributed by atoms with Crippen LogP contribution in [0, 0.1) is 6.92 Å². The summed E-state index contributed by atoms with van der Waals surface area (Å²) in [6.07, 6.45) is 1.53. The number of nitrogens with zero attached hydrogens (tertiary/aromatic N) is 1. The molecule has 0 aliphatic carbocycles. The van der Waals surface area contributed by atoms with Crippen LogP contribution in [0.5, 0.6) is 0 Å². The van der Waals surface area contributed by atoms with E-state index in [9.17, 15) is 9.59 Å². The van der Waals surface area contributed by atoms with Crippen molar-refractivity contribution in [3.05, 3.63) is 32.7 Å². The Balaban J connectivity index is 3.34. The molecule has 0 saturated carbocycles. The molecule has 1 aromatic heterocycles. The van der Waals surface area contributed by atoms with Crippen LogP contribution < -0.4 is 5.56 Å². The van der Waals surface area contributed by atoms with E-state index in [2.05, 4.69) is 15.9 Å². The molecule has 0 radical (unpaired) electrons. The first kappa shape index (κ1) is 11.0. The number of aryl methyl sites for hydroxylation is 1. The molecule has 0 saturated heterocycles. The number of rotatable bonds is 2. The number of halogens is 1. The largest absolute Gasteiger partial charge is 0.480 e. The standard InChI is InChI=1S/C9H10BrNO3/c1-5-3-7(10)8(12)11(4-5)6(2)9(13)14/h3-4,6H,1-2H3,(H,13,14). The summed E-state index contributed by atoms with van der Waals surface area (Å²) < 4.78 is 1.58. The maximum atomic E-state index is 11.5. The number of hydrogen-bond donors (Lipinski definition) is 1. The van der Waals surface area contributed by atoms with Gasteiger partial charge in [-0.25, -0.2) is 4.79 Å². The Hall–Kier alpha value is -1.10. The topological polar surface area (TPSA) is 59.3 Å². The molecule has 1 rings (SSSR count). The second-order valence-corrected chi connectivity index (χ2v) is 3.95. The fraction of sp³-hybridized carbons (Fsp3) is 0.333. The van der Waals surface area contributed by atoms with Crippen LogP contribution in [0.1, 0.15) is 18.5 Å². The summed E-state index contributed by atoms with van der Waals surface area (Å²) in [5, 5.41) is 8.77. The summed E-state index contributed by atoms with van der Waals surface area (Å²) >= 11 is 3.09. The minimum absolute atomic E-state index is 0.328. The van der Waals surface area contributed by atoms with Gasteiger partial charge in [0.1, 0.15) is 6.04 Å². The van der Waals surface area contributed by atoms with E-state index in [1.807, 2.05) is 0 Å². The van der Waals surface area contributed by atoms with Crippen molar-refractivity contribution in [2.24, 2.45) is 0 Å². The molecular formula is C9H10BrNO3. The van der Waals surface area contributed by atoms with Gasteiger partial charge in [0.25, 0.3) is 5.56 Å². The van der Waals surface area contributed by atoms with Gasteiger partial charge < -0.3 is 9.67 Å². The average molecular weight is 260 g/mol. The second kappa shape index (κ2) is 3.96. The van der Waals surface area contributed by atoms with E-state index in [0.29, 0.717) is 4.47 Å². The van der Waals surface area contributed by atoms with Crippen molar-refractivity contribution in [2.75, 3.05) is 0 Å². The van der Waals surface area contributed by atoms with E-state index in [4.69, 9.17) is 5.11 Å². The Labute approximate surface area is 89.3 Å². The van der Waals surface area contributed by atoms with Gasteiger partial charge in [-0.1, -0.05) is 0 Å². The van der Waals surface area contributed by atoms with Gasteiger partial charge in [0.05, 0.1) is 4.47 Å². The highest BCUT2D eigenvalue weighted by molar-refractivity contribution is 9.10. The molecule has 0 aliphatic rings. The van der Waals surface area contributed by atoms with Crippen LogP contribution in [0.2, 0.25) is 0 Å². The lowest BCUT2D eigenvalue weighted by molar-refractivity contribution is -0.140. The van der Waals surface area contributed by atoms with Crippen molar-refractivity contribution < 1.29 is 9.90 Å². The van der Waals surface area contributed by atoms with Crippen LogP contribution in [0.25, 0.3) is 0 Å². The number of carboxylic acids is 1. The van der Waals surface area contributed by atoms with Crippen LogP contribution in [-0.2, 0) is 4.79 Å². The lowest BCUT2D eigenvalue weighted by Crippen LogP contribution is -2.28. The Bertz CT molecular complexity index is 425. The lowest BCUT2D eigenvalue weighted by Gasteiger charge is -2.11. The maximum absolute atomic E-state index is 11.5. The van der Waals surface area contributed by atoms with Crippen LogP contribution in [0.15, 0.2) is 21.5 Å². The number of hydrogen-bond acceptors (Lipinski definition) is 2. The molecule has 76 valence electrons. The van der Waals surface area contributed by atoms with Crippen LogP contribution in [0.4, 0.5) is 0 Å². The normalized spacial score (nSPS) is 12.5. The fourth-order valence-corrected chi connectivity index (χ4v) is 1.67. The molecule has 14 heavy (non-hydrogen) atoms. The van der Waals surface area contributed by atoms with Crippen molar-refractivity contribution in [1.29, 1.82) is 0 Å². The molecular weight excluding hydrogens is 250 g/mol. The van der Waals surface area contributed by atoms with Crippen molar-refractivity contribution in [2.45, 2.75) is 19.9 Å². The fourth-order valence-electron chi connectivity index (χ4n) is 1.11. The van der Waals surface area contributed by atoms with E-state index in [-0.39, 0.29) is 5.56 Å². The average Bonchev–Trinajstić information content (AvgIpc) is 2.09. The third-order valence-corrected chi connectivity index (χ3v) is 2.48. The van der Waals surface area contributed by atoms with Crippen LogP contribution in [-0.4, -0.2) is 15.6 Å². The maximum Gasteiger partial charge on any atom is 0.326 e. The number of carbonyl (C=O) groups is 1. The second-order valence-electron chi connectivity index (χ2n) is 3.09. The molecule has 1 aromatic rings. The molecule has 0 aliphatic heterocycles. The summed E-state index contributed by atoms with van der Waals surface area (Å²) in [6, 6.07) is 0.812. The minimum Gasteiger partial charge on any atom is -0.480 e. The van der Waals surface area contributed by atoms with Crippen molar-refractivity contribution in [3.63, 3.8) is 0 Å². The number of aliphatic carboxylic acids is 1. The molecule has 0 aromatic carbocycles. The first-order valence-corrected chi connectivity index (χ1v) is 4.84.